The molecule has 0 amide bonds. The number of hydrogen-bond donors (Lipinski definition) is 2. The fourth-order valence-electron chi connectivity index (χ4n) is 2.85. The second kappa shape index (κ2) is 5.44. The topological polar surface area (TPSA) is 55.5 Å². The predicted octanol–water partition coefficient (Wildman–Crippen LogP) is 3.26. The van der Waals surface area contributed by atoms with Crippen LogP contribution in [0.1, 0.15) is 23.0 Å². The standard InChI is InChI=1S/C16H16ClNO2/c17-10-5-6-16-12(7-10)14(9-19)13(8-18)11-3-1-2-4-15(11)20-16/h1-7,13-14,19H,8-9,18H2/t13-,14-/m0/s1. The number of nitrogens with two attached hydrogens (primary N) is 1. The Morgan fingerprint density at radius 3 is 2.55 bits per heavy atom. The van der Waals surface area contributed by atoms with E-state index in [9.17, 15) is 5.11 Å². The molecule has 0 unspecified atom stereocenters. The monoisotopic (exact) mass is 289 g/mol. The lowest BCUT2D eigenvalue weighted by atomic mass is 9.82. The first-order valence-corrected chi connectivity index (χ1v) is 6.99. The van der Waals surface area contributed by atoms with Crippen LogP contribution in [0.4, 0.5) is 0 Å². The van der Waals surface area contributed by atoms with E-state index >= 15 is 0 Å². The van der Waals surface area contributed by atoms with Crippen molar-refractivity contribution >= 4 is 11.6 Å². The van der Waals surface area contributed by atoms with Crippen molar-refractivity contribution in [1.29, 1.82) is 0 Å². The fourth-order valence-corrected chi connectivity index (χ4v) is 3.03. The summed E-state index contributed by atoms with van der Waals surface area (Å²) in [6.07, 6.45) is 0. The largest absolute Gasteiger partial charge is 0.457 e. The van der Waals surface area contributed by atoms with Crippen LogP contribution in [0.2, 0.25) is 5.02 Å². The smallest absolute Gasteiger partial charge is 0.131 e. The molecule has 0 saturated heterocycles. The lowest BCUT2D eigenvalue weighted by Gasteiger charge is -2.23. The zero-order chi connectivity index (χ0) is 14.1. The summed E-state index contributed by atoms with van der Waals surface area (Å²) in [6.45, 7) is 0.449. The Morgan fingerprint density at radius 2 is 1.80 bits per heavy atom. The maximum Gasteiger partial charge on any atom is 0.131 e. The van der Waals surface area contributed by atoms with Gasteiger partial charge in [-0.1, -0.05) is 29.8 Å². The van der Waals surface area contributed by atoms with Gasteiger partial charge in [0.15, 0.2) is 0 Å². The minimum atomic E-state index is -0.114. The maximum atomic E-state index is 9.83. The average molecular weight is 290 g/mol. The highest BCUT2D eigenvalue weighted by molar-refractivity contribution is 6.30. The van der Waals surface area contributed by atoms with Crippen LogP contribution in [0.15, 0.2) is 42.5 Å². The first kappa shape index (κ1) is 13.4. The zero-order valence-corrected chi connectivity index (χ0v) is 11.7. The zero-order valence-electron chi connectivity index (χ0n) is 10.9. The summed E-state index contributed by atoms with van der Waals surface area (Å²) in [6, 6.07) is 13.3. The predicted molar refractivity (Wildman–Crippen MR) is 79.6 cm³/mol. The van der Waals surface area contributed by atoms with E-state index in [4.69, 9.17) is 22.1 Å². The molecule has 0 fully saturated rings. The van der Waals surface area contributed by atoms with Gasteiger partial charge >= 0.3 is 0 Å². The van der Waals surface area contributed by atoms with Gasteiger partial charge in [0.1, 0.15) is 11.5 Å². The fraction of sp³-hybridized carbons (Fsp3) is 0.250. The highest BCUT2D eigenvalue weighted by Crippen LogP contribution is 2.46. The first-order valence-electron chi connectivity index (χ1n) is 6.61. The number of fused-ring (bicyclic) bond motifs is 2. The van der Waals surface area contributed by atoms with E-state index < -0.39 is 0 Å². The van der Waals surface area contributed by atoms with Crippen LogP contribution < -0.4 is 10.5 Å². The van der Waals surface area contributed by atoms with Gasteiger partial charge in [0, 0.05) is 22.4 Å². The molecule has 2 aromatic carbocycles. The minimum Gasteiger partial charge on any atom is -0.457 e. The van der Waals surface area contributed by atoms with E-state index in [1.165, 1.54) is 0 Å². The van der Waals surface area contributed by atoms with Crippen LogP contribution in [0, 0.1) is 0 Å². The van der Waals surface area contributed by atoms with Gasteiger partial charge in [0.05, 0.1) is 6.61 Å². The van der Waals surface area contributed by atoms with E-state index in [0.29, 0.717) is 11.6 Å². The third kappa shape index (κ3) is 2.18. The van der Waals surface area contributed by atoms with Gasteiger partial charge < -0.3 is 15.6 Å². The van der Waals surface area contributed by atoms with Gasteiger partial charge in [0.2, 0.25) is 0 Å². The molecule has 3 nitrogen and oxygen atoms in total. The lowest BCUT2D eigenvalue weighted by Crippen LogP contribution is -2.22. The van der Waals surface area contributed by atoms with Gasteiger partial charge in [-0.15, -0.1) is 0 Å². The van der Waals surface area contributed by atoms with E-state index in [1.807, 2.05) is 36.4 Å². The lowest BCUT2D eigenvalue weighted by molar-refractivity contribution is 0.249. The molecule has 0 radical (unpaired) electrons. The molecule has 1 heterocycles. The molecule has 3 rings (SSSR count). The second-order valence-electron chi connectivity index (χ2n) is 4.95. The molecule has 0 aromatic heterocycles. The Morgan fingerprint density at radius 1 is 1.05 bits per heavy atom. The second-order valence-corrected chi connectivity index (χ2v) is 5.39. The highest BCUT2D eigenvalue weighted by atomic mass is 35.5. The summed E-state index contributed by atoms with van der Waals surface area (Å²) in [5.74, 6) is 1.42. The van der Waals surface area contributed by atoms with Crippen LogP contribution in [-0.4, -0.2) is 18.3 Å². The van der Waals surface area contributed by atoms with Gasteiger partial charge in [-0.3, -0.25) is 0 Å². The number of para-hydroxylation sites is 1. The Bertz CT molecular complexity index is 630. The summed E-state index contributed by atoms with van der Waals surface area (Å²) < 4.78 is 6.00. The Kier molecular flexibility index (Phi) is 3.66. The normalized spacial score (nSPS) is 20.6. The van der Waals surface area contributed by atoms with Crippen molar-refractivity contribution in [2.24, 2.45) is 5.73 Å². The van der Waals surface area contributed by atoms with Gasteiger partial charge in [0.25, 0.3) is 0 Å². The first-order chi connectivity index (χ1) is 9.74. The van der Waals surface area contributed by atoms with E-state index in [1.54, 1.807) is 6.07 Å². The van der Waals surface area contributed by atoms with Crippen molar-refractivity contribution in [2.45, 2.75) is 11.8 Å². The number of aliphatic hydroxyl groups excluding tert-OH is 1. The summed E-state index contributed by atoms with van der Waals surface area (Å²) >= 11 is 6.09. The molecule has 4 heteroatoms. The molecule has 0 bridgehead atoms. The molecular weight excluding hydrogens is 274 g/mol. The molecule has 0 spiro atoms. The van der Waals surface area contributed by atoms with Crippen LogP contribution in [0.25, 0.3) is 0 Å². The van der Waals surface area contributed by atoms with Crippen molar-refractivity contribution in [3.63, 3.8) is 0 Å². The number of aliphatic hydroxyl groups is 1. The van der Waals surface area contributed by atoms with Crippen LogP contribution in [0.5, 0.6) is 11.5 Å². The Balaban J connectivity index is 2.21. The average Bonchev–Trinajstić information content (AvgIpc) is 2.60. The van der Waals surface area contributed by atoms with Crippen LogP contribution in [0.3, 0.4) is 0 Å². The number of halogens is 1. The number of ether oxygens (including phenoxy) is 1. The number of hydrogen-bond acceptors (Lipinski definition) is 3. The van der Waals surface area contributed by atoms with Crippen molar-refractivity contribution < 1.29 is 9.84 Å². The molecule has 0 aliphatic carbocycles. The molecule has 3 N–H and O–H groups in total. The molecule has 2 aromatic rings. The van der Waals surface area contributed by atoms with Crippen molar-refractivity contribution in [3.8, 4) is 11.5 Å². The summed E-state index contributed by atoms with van der Waals surface area (Å²) in [5, 5.41) is 10.5. The summed E-state index contributed by atoms with van der Waals surface area (Å²) in [7, 11) is 0. The SMILES string of the molecule is NC[C@H]1c2ccccc2Oc2ccc(Cl)cc2[C@@H]1CO. The molecule has 0 saturated carbocycles. The van der Waals surface area contributed by atoms with Crippen LogP contribution in [-0.2, 0) is 0 Å². The van der Waals surface area contributed by atoms with Crippen molar-refractivity contribution in [2.75, 3.05) is 13.2 Å². The maximum absolute atomic E-state index is 9.83. The molecule has 20 heavy (non-hydrogen) atoms. The third-order valence-corrected chi connectivity index (χ3v) is 4.08. The minimum absolute atomic E-state index is 0.00685. The molecular formula is C16H16ClNO2. The van der Waals surface area contributed by atoms with Gasteiger partial charge in [-0.25, -0.2) is 0 Å². The van der Waals surface area contributed by atoms with Crippen molar-refractivity contribution in [3.05, 3.63) is 58.6 Å². The van der Waals surface area contributed by atoms with E-state index in [2.05, 4.69) is 0 Å². The van der Waals surface area contributed by atoms with Crippen LogP contribution >= 0.6 is 11.6 Å². The Labute approximate surface area is 122 Å². The van der Waals surface area contributed by atoms with Crippen molar-refractivity contribution in [1.82, 2.24) is 0 Å². The molecule has 2 atom stereocenters. The highest BCUT2D eigenvalue weighted by Gasteiger charge is 2.31. The molecule has 104 valence electrons. The number of benzene rings is 2. The summed E-state index contributed by atoms with van der Waals surface area (Å²) in [5.41, 5.74) is 7.89. The van der Waals surface area contributed by atoms with Gasteiger partial charge in [-0.2, -0.15) is 0 Å². The van der Waals surface area contributed by atoms with E-state index in [-0.39, 0.29) is 18.4 Å². The number of rotatable bonds is 2. The summed E-state index contributed by atoms with van der Waals surface area (Å²) in [4.78, 5) is 0. The van der Waals surface area contributed by atoms with Gasteiger partial charge in [-0.05, 0) is 36.4 Å². The molecule has 1 aliphatic rings. The molecule has 1 aliphatic heterocycles. The third-order valence-electron chi connectivity index (χ3n) is 3.85. The van der Waals surface area contributed by atoms with E-state index in [0.717, 1.165) is 22.6 Å². The Hall–Kier alpha value is -1.55. The quantitative estimate of drug-likeness (QED) is 0.892.